The van der Waals surface area contributed by atoms with E-state index >= 15 is 0 Å². The Labute approximate surface area is 195 Å². The number of aliphatic hydroxyl groups excluding tert-OH is 1. The predicted molar refractivity (Wildman–Crippen MR) is 127 cm³/mol. The monoisotopic (exact) mass is 447 g/mol. The van der Waals surface area contributed by atoms with E-state index in [0.29, 0.717) is 30.5 Å². The maximum Gasteiger partial charge on any atom is 0.230 e. The quantitative estimate of drug-likeness (QED) is 0.587. The van der Waals surface area contributed by atoms with Gasteiger partial charge in [0.1, 0.15) is 5.60 Å². The number of nitrogens with zero attached hydrogens (tertiary/aromatic N) is 3. The van der Waals surface area contributed by atoms with Crippen LogP contribution in [0.15, 0.2) is 53.1 Å². The van der Waals surface area contributed by atoms with Crippen molar-refractivity contribution in [3.05, 3.63) is 71.1 Å². The van der Waals surface area contributed by atoms with Gasteiger partial charge in [-0.15, -0.1) is 0 Å². The maximum absolute atomic E-state index is 12.4. The van der Waals surface area contributed by atoms with E-state index in [2.05, 4.69) is 67.1 Å². The first-order valence-electron chi connectivity index (χ1n) is 11.8. The zero-order valence-corrected chi connectivity index (χ0v) is 19.8. The van der Waals surface area contributed by atoms with E-state index < -0.39 is 5.60 Å². The number of benzene rings is 2. The van der Waals surface area contributed by atoms with Gasteiger partial charge in [0.2, 0.25) is 11.7 Å². The molecular formula is C27H33N3O3. The summed E-state index contributed by atoms with van der Waals surface area (Å²) < 4.78 is 5.49. The van der Waals surface area contributed by atoms with Crippen molar-refractivity contribution in [2.24, 2.45) is 5.41 Å². The first-order valence-corrected chi connectivity index (χ1v) is 11.8. The standard InChI is InChI=1S/C27H33N3O3/c1-17(2)18-8-10-21(11-9-18)27(32,26(3)15-30(4)16-26)22-7-5-6-19(12-22)24-28-25(33-29-24)20-13-23(31)14-20/h5-12,17,20,23,31-32H,13-16H2,1-4H3/t20-,23-,27-/m0/s1. The molecule has 2 heterocycles. The van der Waals surface area contributed by atoms with Crippen LogP contribution in [-0.2, 0) is 5.60 Å². The number of hydrogen-bond acceptors (Lipinski definition) is 6. The molecule has 1 aromatic heterocycles. The molecule has 1 aliphatic heterocycles. The van der Waals surface area contributed by atoms with E-state index in [0.717, 1.165) is 29.8 Å². The fourth-order valence-electron chi connectivity index (χ4n) is 5.54. The molecule has 6 heteroatoms. The molecule has 1 atom stereocenters. The Morgan fingerprint density at radius 1 is 1.09 bits per heavy atom. The highest BCUT2D eigenvalue weighted by molar-refractivity contribution is 5.58. The van der Waals surface area contributed by atoms with Crippen molar-refractivity contribution < 1.29 is 14.7 Å². The first-order chi connectivity index (χ1) is 15.7. The summed E-state index contributed by atoms with van der Waals surface area (Å²) in [5, 5.41) is 26.2. The molecule has 174 valence electrons. The van der Waals surface area contributed by atoms with Gasteiger partial charge in [0, 0.05) is 30.0 Å². The molecule has 2 fully saturated rings. The lowest BCUT2D eigenvalue weighted by atomic mass is 9.62. The van der Waals surface area contributed by atoms with Crippen LogP contribution in [0.1, 0.15) is 68.0 Å². The molecule has 0 unspecified atom stereocenters. The fraction of sp³-hybridized carbons (Fsp3) is 0.481. The molecule has 5 rings (SSSR count). The van der Waals surface area contributed by atoms with Crippen LogP contribution in [0.3, 0.4) is 0 Å². The Bertz CT molecular complexity index is 1130. The van der Waals surface area contributed by atoms with Gasteiger partial charge >= 0.3 is 0 Å². The minimum absolute atomic E-state index is 0.130. The van der Waals surface area contributed by atoms with E-state index in [1.807, 2.05) is 24.3 Å². The molecule has 2 aromatic carbocycles. The summed E-state index contributed by atoms with van der Waals surface area (Å²) >= 11 is 0. The van der Waals surface area contributed by atoms with Crippen molar-refractivity contribution in [2.45, 2.75) is 57.2 Å². The van der Waals surface area contributed by atoms with E-state index in [4.69, 9.17) is 4.52 Å². The SMILES string of the molecule is CC(C)c1ccc([C@](O)(c2cccc(-c3noc([C@H]4C[C@H](O)C4)n3)c2)C2(C)CN(C)C2)cc1. The average molecular weight is 448 g/mol. The lowest BCUT2D eigenvalue weighted by Gasteiger charge is -2.56. The van der Waals surface area contributed by atoms with Gasteiger partial charge in [-0.3, -0.25) is 0 Å². The molecule has 3 aromatic rings. The van der Waals surface area contributed by atoms with Gasteiger partial charge in [-0.25, -0.2) is 0 Å². The van der Waals surface area contributed by atoms with Crippen LogP contribution in [-0.4, -0.2) is 51.5 Å². The van der Waals surface area contributed by atoms with Gasteiger partial charge in [0.15, 0.2) is 0 Å². The van der Waals surface area contributed by atoms with Crippen LogP contribution in [0.25, 0.3) is 11.4 Å². The zero-order valence-electron chi connectivity index (χ0n) is 19.8. The van der Waals surface area contributed by atoms with Gasteiger partial charge in [-0.1, -0.05) is 68.4 Å². The van der Waals surface area contributed by atoms with E-state index in [9.17, 15) is 10.2 Å². The predicted octanol–water partition coefficient (Wildman–Crippen LogP) is 4.29. The molecule has 0 spiro atoms. The van der Waals surface area contributed by atoms with Gasteiger partial charge in [-0.05, 0) is 48.6 Å². The smallest absolute Gasteiger partial charge is 0.230 e. The molecule has 33 heavy (non-hydrogen) atoms. The lowest BCUT2D eigenvalue weighted by Crippen LogP contribution is -2.63. The van der Waals surface area contributed by atoms with Crippen LogP contribution < -0.4 is 0 Å². The summed E-state index contributed by atoms with van der Waals surface area (Å²) in [5.74, 6) is 1.66. The summed E-state index contributed by atoms with van der Waals surface area (Å²) in [6, 6.07) is 16.3. The number of rotatable bonds is 6. The molecule has 1 saturated heterocycles. The van der Waals surface area contributed by atoms with Gasteiger partial charge in [-0.2, -0.15) is 4.98 Å². The third-order valence-electron chi connectivity index (χ3n) is 7.55. The average Bonchev–Trinajstić information content (AvgIpc) is 3.25. The van der Waals surface area contributed by atoms with E-state index in [1.54, 1.807) is 0 Å². The van der Waals surface area contributed by atoms with Crippen LogP contribution in [0, 0.1) is 5.41 Å². The topological polar surface area (TPSA) is 82.6 Å². The number of aliphatic hydroxyl groups is 2. The van der Waals surface area contributed by atoms with Gasteiger partial charge < -0.3 is 19.6 Å². The van der Waals surface area contributed by atoms with Crippen molar-refractivity contribution >= 4 is 0 Å². The second-order valence-electron chi connectivity index (χ2n) is 10.6. The molecule has 0 amide bonds. The highest BCUT2D eigenvalue weighted by atomic mass is 16.5. The summed E-state index contributed by atoms with van der Waals surface area (Å²) in [6.07, 6.45) is 1.06. The normalized spacial score (nSPS) is 24.2. The molecule has 1 saturated carbocycles. The maximum atomic E-state index is 12.4. The Morgan fingerprint density at radius 3 is 2.39 bits per heavy atom. The molecule has 2 aliphatic rings. The molecule has 0 bridgehead atoms. The minimum atomic E-state index is -1.16. The largest absolute Gasteiger partial charge is 0.393 e. The summed E-state index contributed by atoms with van der Waals surface area (Å²) in [5.41, 5.74) is 2.32. The molecule has 2 N–H and O–H groups in total. The second kappa shape index (κ2) is 8.05. The van der Waals surface area contributed by atoms with Gasteiger partial charge in [0.05, 0.1) is 6.10 Å². The highest BCUT2D eigenvalue weighted by Crippen LogP contribution is 2.50. The number of likely N-dealkylation sites (tertiary alicyclic amines) is 1. The number of hydrogen-bond donors (Lipinski definition) is 2. The van der Waals surface area contributed by atoms with Crippen molar-refractivity contribution in [1.82, 2.24) is 15.0 Å². The van der Waals surface area contributed by atoms with Crippen molar-refractivity contribution in [3.8, 4) is 11.4 Å². The van der Waals surface area contributed by atoms with Crippen LogP contribution in [0.5, 0.6) is 0 Å². The van der Waals surface area contributed by atoms with Crippen molar-refractivity contribution in [1.29, 1.82) is 0 Å². The molecule has 6 nitrogen and oxygen atoms in total. The fourth-order valence-corrected chi connectivity index (χ4v) is 5.54. The Kier molecular flexibility index (Phi) is 5.43. The second-order valence-corrected chi connectivity index (χ2v) is 10.6. The van der Waals surface area contributed by atoms with E-state index in [1.165, 1.54) is 5.56 Å². The Balaban J connectivity index is 1.54. The van der Waals surface area contributed by atoms with E-state index in [-0.39, 0.29) is 17.4 Å². The zero-order chi connectivity index (χ0) is 23.4. The molecular weight excluding hydrogens is 414 g/mol. The highest BCUT2D eigenvalue weighted by Gasteiger charge is 2.55. The molecule has 0 radical (unpaired) electrons. The van der Waals surface area contributed by atoms with Crippen molar-refractivity contribution in [2.75, 3.05) is 20.1 Å². The number of aromatic nitrogens is 2. The first kappa shape index (κ1) is 22.3. The third-order valence-corrected chi connectivity index (χ3v) is 7.55. The van der Waals surface area contributed by atoms with Crippen molar-refractivity contribution in [3.63, 3.8) is 0 Å². The van der Waals surface area contributed by atoms with Gasteiger partial charge in [0.25, 0.3) is 0 Å². The summed E-state index contributed by atoms with van der Waals surface area (Å²) in [6.45, 7) is 8.11. The van der Waals surface area contributed by atoms with Crippen LogP contribution >= 0.6 is 0 Å². The van der Waals surface area contributed by atoms with Crippen LogP contribution in [0.2, 0.25) is 0 Å². The third kappa shape index (κ3) is 3.70. The molecule has 1 aliphatic carbocycles. The summed E-state index contributed by atoms with van der Waals surface area (Å²) in [4.78, 5) is 6.83. The Hall–Kier alpha value is -2.54. The Morgan fingerprint density at radius 2 is 1.79 bits per heavy atom. The summed E-state index contributed by atoms with van der Waals surface area (Å²) in [7, 11) is 2.08. The minimum Gasteiger partial charge on any atom is -0.393 e. The van der Waals surface area contributed by atoms with Crippen LogP contribution in [0.4, 0.5) is 0 Å². The lowest BCUT2D eigenvalue weighted by molar-refractivity contribution is -0.127.